The number of carboxylic acids is 1. The van der Waals surface area contributed by atoms with Crippen LogP contribution in [0.4, 0.5) is 0 Å². The van der Waals surface area contributed by atoms with Crippen LogP contribution < -0.4 is 0 Å². The van der Waals surface area contributed by atoms with E-state index in [1.165, 1.54) is 0 Å². The number of aliphatic carboxylic acids is 1. The second kappa shape index (κ2) is 3.48. The molecular weight excluding hydrogens is 198 g/mol. The van der Waals surface area contributed by atoms with Crippen LogP contribution in [0.3, 0.4) is 0 Å². The van der Waals surface area contributed by atoms with Crippen molar-refractivity contribution in [3.05, 3.63) is 0 Å². The van der Waals surface area contributed by atoms with E-state index in [0.29, 0.717) is 25.9 Å². The van der Waals surface area contributed by atoms with E-state index < -0.39 is 11.4 Å². The number of nitrogens with zero attached hydrogens (tertiary/aromatic N) is 1. The molecule has 1 aliphatic heterocycles. The number of hydrogen-bond donors (Lipinski definition) is 2. The molecule has 2 aliphatic rings. The van der Waals surface area contributed by atoms with Crippen LogP contribution >= 0.6 is 0 Å². The number of likely N-dealkylation sites (tertiary alicyclic amines) is 1. The van der Waals surface area contributed by atoms with E-state index in [4.69, 9.17) is 10.2 Å². The Kier molecular flexibility index (Phi) is 2.42. The third kappa shape index (κ3) is 1.61. The van der Waals surface area contributed by atoms with Gasteiger partial charge in [0.15, 0.2) is 0 Å². The molecule has 1 saturated heterocycles. The van der Waals surface area contributed by atoms with Crippen LogP contribution in [-0.2, 0) is 9.59 Å². The number of amides is 1. The van der Waals surface area contributed by atoms with Crippen LogP contribution in [0.15, 0.2) is 0 Å². The Labute approximate surface area is 87.7 Å². The SMILES string of the molecule is O=C(O)C1(C(=O)N2CCC(CO)C2)CC1. The minimum atomic E-state index is -1.12. The molecule has 2 N–H and O–H groups in total. The van der Waals surface area contributed by atoms with Gasteiger partial charge in [0.25, 0.3) is 0 Å². The molecule has 0 aromatic rings. The highest BCUT2D eigenvalue weighted by atomic mass is 16.4. The monoisotopic (exact) mass is 213 g/mol. The number of hydrogen-bond acceptors (Lipinski definition) is 3. The van der Waals surface area contributed by atoms with E-state index in [0.717, 1.165) is 6.42 Å². The van der Waals surface area contributed by atoms with Crippen molar-refractivity contribution in [2.75, 3.05) is 19.7 Å². The first-order valence-corrected chi connectivity index (χ1v) is 5.24. The Bertz CT molecular complexity index is 298. The molecule has 1 heterocycles. The molecular formula is C10H15NO4. The third-order valence-corrected chi connectivity index (χ3v) is 3.40. The van der Waals surface area contributed by atoms with Crippen LogP contribution in [0.1, 0.15) is 19.3 Å². The lowest BCUT2D eigenvalue weighted by Crippen LogP contribution is -2.39. The van der Waals surface area contributed by atoms with Crippen molar-refractivity contribution >= 4 is 11.9 Å². The van der Waals surface area contributed by atoms with Crippen LogP contribution in [0.2, 0.25) is 0 Å². The van der Waals surface area contributed by atoms with Gasteiger partial charge in [0.05, 0.1) is 0 Å². The van der Waals surface area contributed by atoms with Crippen molar-refractivity contribution in [1.82, 2.24) is 4.90 Å². The van der Waals surface area contributed by atoms with Gasteiger partial charge in [0.1, 0.15) is 5.41 Å². The van der Waals surface area contributed by atoms with E-state index in [9.17, 15) is 9.59 Å². The standard InChI is InChI=1S/C10H15NO4/c12-6-7-1-4-11(5-7)8(13)10(2-3-10)9(14)15/h7,12H,1-6H2,(H,14,15). The van der Waals surface area contributed by atoms with Crippen molar-refractivity contribution in [3.63, 3.8) is 0 Å². The van der Waals surface area contributed by atoms with Crippen molar-refractivity contribution in [2.45, 2.75) is 19.3 Å². The molecule has 0 aromatic carbocycles. The van der Waals surface area contributed by atoms with Crippen LogP contribution in [0.5, 0.6) is 0 Å². The fourth-order valence-electron chi connectivity index (χ4n) is 2.11. The minimum Gasteiger partial charge on any atom is -0.480 e. The molecule has 1 atom stereocenters. The fraction of sp³-hybridized carbons (Fsp3) is 0.800. The zero-order chi connectivity index (χ0) is 11.1. The quantitative estimate of drug-likeness (QED) is 0.630. The summed E-state index contributed by atoms with van der Waals surface area (Å²) in [6.45, 7) is 1.16. The number of aliphatic hydroxyl groups is 1. The summed E-state index contributed by atoms with van der Waals surface area (Å²) in [6.07, 6.45) is 1.70. The summed E-state index contributed by atoms with van der Waals surface area (Å²) in [5.74, 6) is -1.13. The first-order chi connectivity index (χ1) is 7.10. The topological polar surface area (TPSA) is 77.8 Å². The maximum atomic E-state index is 11.9. The molecule has 15 heavy (non-hydrogen) atoms. The Morgan fingerprint density at radius 1 is 1.40 bits per heavy atom. The maximum absolute atomic E-state index is 11.9. The average molecular weight is 213 g/mol. The molecule has 0 spiro atoms. The largest absolute Gasteiger partial charge is 0.480 e. The maximum Gasteiger partial charge on any atom is 0.319 e. The number of carbonyl (C=O) groups is 2. The third-order valence-electron chi connectivity index (χ3n) is 3.40. The highest BCUT2D eigenvalue weighted by molar-refractivity contribution is 6.04. The molecule has 5 heteroatoms. The predicted molar refractivity (Wildman–Crippen MR) is 51.1 cm³/mol. The first-order valence-electron chi connectivity index (χ1n) is 5.24. The van der Waals surface area contributed by atoms with Crippen LogP contribution in [-0.4, -0.2) is 46.7 Å². The average Bonchev–Trinajstić information content (AvgIpc) is 2.89. The van der Waals surface area contributed by atoms with Gasteiger partial charge in [-0.1, -0.05) is 0 Å². The van der Waals surface area contributed by atoms with Crippen molar-refractivity contribution < 1.29 is 19.8 Å². The molecule has 2 rings (SSSR count). The molecule has 1 saturated carbocycles. The van der Waals surface area contributed by atoms with Crippen LogP contribution in [0, 0.1) is 11.3 Å². The Balaban J connectivity index is 2.01. The molecule has 0 bridgehead atoms. The van der Waals surface area contributed by atoms with Gasteiger partial charge in [-0.2, -0.15) is 0 Å². The Morgan fingerprint density at radius 3 is 2.47 bits per heavy atom. The highest BCUT2D eigenvalue weighted by Gasteiger charge is 2.59. The van der Waals surface area contributed by atoms with E-state index in [1.54, 1.807) is 4.90 Å². The molecule has 0 radical (unpaired) electrons. The van der Waals surface area contributed by atoms with E-state index >= 15 is 0 Å². The summed E-state index contributed by atoms with van der Waals surface area (Å²) in [6, 6.07) is 0. The van der Waals surface area contributed by atoms with Gasteiger partial charge >= 0.3 is 5.97 Å². The van der Waals surface area contributed by atoms with Gasteiger partial charge in [0, 0.05) is 25.6 Å². The summed E-state index contributed by atoms with van der Waals surface area (Å²) in [4.78, 5) is 24.4. The van der Waals surface area contributed by atoms with Gasteiger partial charge < -0.3 is 15.1 Å². The fourth-order valence-corrected chi connectivity index (χ4v) is 2.11. The van der Waals surface area contributed by atoms with Gasteiger partial charge in [0.2, 0.25) is 5.91 Å². The number of aliphatic hydroxyl groups excluding tert-OH is 1. The van der Waals surface area contributed by atoms with E-state index in [1.807, 2.05) is 0 Å². The van der Waals surface area contributed by atoms with Gasteiger partial charge in [-0.25, -0.2) is 0 Å². The van der Waals surface area contributed by atoms with E-state index in [-0.39, 0.29) is 18.4 Å². The number of carbonyl (C=O) groups excluding carboxylic acids is 1. The zero-order valence-electron chi connectivity index (χ0n) is 8.48. The second-order valence-electron chi connectivity index (χ2n) is 4.48. The molecule has 84 valence electrons. The molecule has 2 fully saturated rings. The molecule has 5 nitrogen and oxygen atoms in total. The van der Waals surface area contributed by atoms with Gasteiger partial charge in [-0.05, 0) is 19.3 Å². The number of rotatable bonds is 3. The summed E-state index contributed by atoms with van der Waals surface area (Å²) in [5, 5.41) is 17.9. The normalized spacial score (nSPS) is 27.8. The molecule has 1 amide bonds. The summed E-state index contributed by atoms with van der Waals surface area (Å²) >= 11 is 0. The lowest BCUT2D eigenvalue weighted by atomic mass is 10.1. The summed E-state index contributed by atoms with van der Waals surface area (Å²) in [5.41, 5.74) is -1.12. The second-order valence-corrected chi connectivity index (χ2v) is 4.48. The molecule has 1 unspecified atom stereocenters. The zero-order valence-corrected chi connectivity index (χ0v) is 8.48. The molecule has 1 aliphatic carbocycles. The number of carboxylic acid groups (broad SMARTS) is 1. The van der Waals surface area contributed by atoms with Gasteiger partial charge in [-0.15, -0.1) is 0 Å². The van der Waals surface area contributed by atoms with Crippen LogP contribution in [0.25, 0.3) is 0 Å². The summed E-state index contributed by atoms with van der Waals surface area (Å²) < 4.78 is 0. The smallest absolute Gasteiger partial charge is 0.319 e. The Morgan fingerprint density at radius 2 is 2.07 bits per heavy atom. The van der Waals surface area contributed by atoms with Crippen molar-refractivity contribution in [3.8, 4) is 0 Å². The van der Waals surface area contributed by atoms with Crippen molar-refractivity contribution in [1.29, 1.82) is 0 Å². The van der Waals surface area contributed by atoms with Gasteiger partial charge in [-0.3, -0.25) is 9.59 Å². The lowest BCUT2D eigenvalue weighted by Gasteiger charge is -2.20. The highest BCUT2D eigenvalue weighted by Crippen LogP contribution is 2.48. The first kappa shape index (κ1) is 10.4. The lowest BCUT2D eigenvalue weighted by molar-refractivity contribution is -0.153. The Hall–Kier alpha value is -1.10. The van der Waals surface area contributed by atoms with E-state index in [2.05, 4.69) is 0 Å². The molecule has 0 aromatic heterocycles. The minimum absolute atomic E-state index is 0.0733. The van der Waals surface area contributed by atoms with Crippen molar-refractivity contribution in [2.24, 2.45) is 11.3 Å². The predicted octanol–water partition coefficient (Wildman–Crippen LogP) is -0.308. The summed E-state index contributed by atoms with van der Waals surface area (Å²) in [7, 11) is 0.